The zero-order chi connectivity index (χ0) is 16.8. The van der Waals surface area contributed by atoms with Crippen LogP contribution in [0.3, 0.4) is 0 Å². The number of guanidine groups is 1. The van der Waals surface area contributed by atoms with Gasteiger partial charge >= 0.3 is 0 Å². The van der Waals surface area contributed by atoms with Crippen molar-refractivity contribution in [3.8, 4) is 0 Å². The number of rotatable bonds is 5. The Morgan fingerprint density at radius 1 is 1.28 bits per heavy atom. The minimum Gasteiger partial charge on any atom is -0.355 e. The maximum atomic E-state index is 4.52. The fraction of sp³-hybridized carbons (Fsp3) is 0.474. The Labute approximate surface area is 167 Å². The van der Waals surface area contributed by atoms with Crippen LogP contribution in [-0.4, -0.2) is 48.6 Å². The number of nitrogens with zero attached hydrogens (tertiary/aromatic N) is 3. The highest BCUT2D eigenvalue weighted by atomic mass is 127. The molecule has 1 fully saturated rings. The molecule has 1 saturated heterocycles. The molecule has 0 amide bonds. The number of hydrogen-bond donors (Lipinski definition) is 2. The molecule has 0 bridgehead atoms. The molecule has 5 nitrogen and oxygen atoms in total. The summed E-state index contributed by atoms with van der Waals surface area (Å²) in [5.74, 6) is 0.840. The van der Waals surface area contributed by atoms with Crippen molar-refractivity contribution in [3.05, 3.63) is 42.2 Å². The molecule has 1 aromatic carbocycles. The lowest BCUT2D eigenvalue weighted by Crippen LogP contribution is -2.44. The van der Waals surface area contributed by atoms with Crippen LogP contribution in [0, 0.1) is 0 Å². The van der Waals surface area contributed by atoms with Gasteiger partial charge in [-0.2, -0.15) is 0 Å². The van der Waals surface area contributed by atoms with E-state index in [1.54, 1.807) is 0 Å². The summed E-state index contributed by atoms with van der Waals surface area (Å²) in [5, 5.41) is 9.27. The molecule has 0 saturated carbocycles. The second-order valence-electron chi connectivity index (χ2n) is 6.21. The number of fused-ring (bicyclic) bond motifs is 1. The van der Waals surface area contributed by atoms with E-state index >= 15 is 0 Å². The number of hydrogen-bond acceptors (Lipinski definition) is 3. The predicted octanol–water partition coefficient (Wildman–Crippen LogP) is 3.00. The monoisotopic (exact) mass is 453 g/mol. The summed E-state index contributed by atoms with van der Waals surface area (Å²) >= 11 is 0. The van der Waals surface area contributed by atoms with Gasteiger partial charge in [0.2, 0.25) is 0 Å². The fourth-order valence-corrected chi connectivity index (χ4v) is 3.47. The molecule has 1 atom stereocenters. The lowest BCUT2D eigenvalue weighted by atomic mass is 10.1. The van der Waals surface area contributed by atoms with Gasteiger partial charge in [0.15, 0.2) is 5.96 Å². The van der Waals surface area contributed by atoms with Gasteiger partial charge in [-0.3, -0.25) is 14.9 Å². The molecule has 136 valence electrons. The van der Waals surface area contributed by atoms with Crippen LogP contribution in [0.2, 0.25) is 0 Å². The summed E-state index contributed by atoms with van der Waals surface area (Å²) in [6, 6.07) is 11.0. The number of likely N-dealkylation sites (tertiary alicyclic amines) is 1. The number of likely N-dealkylation sites (N-methyl/N-ethyl adjacent to an activating group) is 1. The van der Waals surface area contributed by atoms with Crippen LogP contribution in [0.4, 0.5) is 0 Å². The Balaban J connectivity index is 0.00000225. The van der Waals surface area contributed by atoms with E-state index in [1.807, 2.05) is 19.3 Å². The van der Waals surface area contributed by atoms with Crippen LogP contribution in [0.15, 0.2) is 41.5 Å². The number of aliphatic imine (C=N–C) groups is 1. The van der Waals surface area contributed by atoms with Crippen LogP contribution < -0.4 is 10.6 Å². The average Bonchev–Trinajstić information content (AvgIpc) is 3.09. The van der Waals surface area contributed by atoms with Gasteiger partial charge in [-0.15, -0.1) is 24.0 Å². The molecule has 0 spiro atoms. The highest BCUT2D eigenvalue weighted by Crippen LogP contribution is 2.16. The zero-order valence-corrected chi connectivity index (χ0v) is 17.4. The normalized spacial score (nSPS) is 18.2. The van der Waals surface area contributed by atoms with E-state index in [1.165, 1.54) is 30.2 Å². The van der Waals surface area contributed by atoms with Gasteiger partial charge in [0, 0.05) is 31.2 Å². The smallest absolute Gasteiger partial charge is 0.191 e. The Morgan fingerprint density at radius 3 is 2.92 bits per heavy atom. The van der Waals surface area contributed by atoms with Gasteiger partial charge in [-0.1, -0.05) is 31.2 Å². The minimum atomic E-state index is 0. The number of nitrogens with one attached hydrogen (secondary N) is 2. The third kappa shape index (κ3) is 5.04. The molecule has 0 radical (unpaired) electrons. The van der Waals surface area contributed by atoms with Gasteiger partial charge in [-0.05, 0) is 37.4 Å². The lowest BCUT2D eigenvalue weighted by molar-refractivity contribution is 0.267. The zero-order valence-electron chi connectivity index (χ0n) is 15.0. The summed E-state index contributed by atoms with van der Waals surface area (Å²) in [7, 11) is 1.82. The van der Waals surface area contributed by atoms with Crippen LogP contribution in [0.25, 0.3) is 10.8 Å². The minimum absolute atomic E-state index is 0. The van der Waals surface area contributed by atoms with E-state index in [0.717, 1.165) is 24.7 Å². The number of pyridine rings is 1. The first-order valence-electron chi connectivity index (χ1n) is 8.83. The van der Waals surface area contributed by atoms with E-state index in [4.69, 9.17) is 0 Å². The largest absolute Gasteiger partial charge is 0.355 e. The second-order valence-corrected chi connectivity index (χ2v) is 6.21. The summed E-state index contributed by atoms with van der Waals surface area (Å²) in [4.78, 5) is 11.4. The van der Waals surface area contributed by atoms with E-state index in [0.29, 0.717) is 12.6 Å². The Morgan fingerprint density at radius 2 is 2.12 bits per heavy atom. The van der Waals surface area contributed by atoms with Gasteiger partial charge in [0.25, 0.3) is 0 Å². The van der Waals surface area contributed by atoms with Crippen LogP contribution in [0.1, 0.15) is 25.5 Å². The van der Waals surface area contributed by atoms with Crippen LogP contribution in [-0.2, 0) is 6.54 Å². The third-order valence-electron chi connectivity index (χ3n) is 4.81. The molecule has 3 rings (SSSR count). The molecule has 1 aliphatic rings. The Kier molecular flexibility index (Phi) is 7.90. The summed E-state index contributed by atoms with van der Waals surface area (Å²) in [6.45, 7) is 6.18. The molecule has 2 N–H and O–H groups in total. The number of halogens is 1. The molecule has 1 aromatic heterocycles. The molecule has 1 unspecified atom stereocenters. The van der Waals surface area contributed by atoms with Crippen molar-refractivity contribution in [2.75, 3.05) is 26.7 Å². The van der Waals surface area contributed by atoms with E-state index in [-0.39, 0.29) is 24.0 Å². The van der Waals surface area contributed by atoms with Crippen molar-refractivity contribution in [1.29, 1.82) is 0 Å². The van der Waals surface area contributed by atoms with E-state index in [9.17, 15) is 0 Å². The highest BCUT2D eigenvalue weighted by molar-refractivity contribution is 14.0. The van der Waals surface area contributed by atoms with Gasteiger partial charge in [0.05, 0.1) is 12.2 Å². The quantitative estimate of drug-likeness (QED) is 0.415. The molecule has 6 heteroatoms. The topological polar surface area (TPSA) is 52.5 Å². The van der Waals surface area contributed by atoms with Gasteiger partial charge in [0.1, 0.15) is 0 Å². The highest BCUT2D eigenvalue weighted by Gasteiger charge is 2.22. The molecule has 0 aliphatic carbocycles. The van der Waals surface area contributed by atoms with Crippen LogP contribution in [0.5, 0.6) is 0 Å². The van der Waals surface area contributed by atoms with Crippen LogP contribution >= 0.6 is 24.0 Å². The molecular weight excluding hydrogens is 425 g/mol. The number of benzene rings is 1. The molecule has 25 heavy (non-hydrogen) atoms. The summed E-state index contributed by atoms with van der Waals surface area (Å²) in [5.41, 5.74) is 1.05. The standard InChI is InChI=1S/C19H27N5.HI/c1-3-24-12-6-8-16(24)13-22-19(20-2)23-14-18-17-9-5-4-7-15(17)10-11-21-18;/h4-5,7,9-11,16H,3,6,8,12-14H2,1-2H3,(H2,20,22,23);1H. The molecular formula is C19H28IN5. The third-order valence-corrected chi connectivity index (χ3v) is 4.81. The average molecular weight is 453 g/mol. The Bertz CT molecular complexity index is 698. The molecule has 2 heterocycles. The lowest BCUT2D eigenvalue weighted by Gasteiger charge is -2.24. The van der Waals surface area contributed by atoms with Gasteiger partial charge in [-0.25, -0.2) is 0 Å². The van der Waals surface area contributed by atoms with E-state index in [2.05, 4.69) is 56.7 Å². The first-order chi connectivity index (χ1) is 11.8. The van der Waals surface area contributed by atoms with E-state index < -0.39 is 0 Å². The van der Waals surface area contributed by atoms with Crippen molar-refractivity contribution >= 4 is 40.7 Å². The predicted molar refractivity (Wildman–Crippen MR) is 116 cm³/mol. The first-order valence-corrected chi connectivity index (χ1v) is 8.83. The molecule has 2 aromatic rings. The van der Waals surface area contributed by atoms with Crippen molar-refractivity contribution in [1.82, 2.24) is 20.5 Å². The van der Waals surface area contributed by atoms with Crippen molar-refractivity contribution in [2.24, 2.45) is 4.99 Å². The van der Waals surface area contributed by atoms with Gasteiger partial charge < -0.3 is 10.6 Å². The first kappa shape index (κ1) is 19.9. The summed E-state index contributed by atoms with van der Waals surface area (Å²) in [6.07, 6.45) is 4.43. The van der Waals surface area contributed by atoms with Crippen molar-refractivity contribution < 1.29 is 0 Å². The molecule has 1 aliphatic heterocycles. The number of aromatic nitrogens is 1. The fourth-order valence-electron chi connectivity index (χ4n) is 3.47. The maximum Gasteiger partial charge on any atom is 0.191 e. The Hall–Kier alpha value is -1.41. The van der Waals surface area contributed by atoms with Crippen molar-refractivity contribution in [2.45, 2.75) is 32.4 Å². The second kappa shape index (κ2) is 9.91. The summed E-state index contributed by atoms with van der Waals surface area (Å²) < 4.78 is 0. The SMILES string of the molecule is CCN1CCCC1CNC(=NC)NCc1nccc2ccccc12.I. The van der Waals surface area contributed by atoms with Crippen molar-refractivity contribution in [3.63, 3.8) is 0 Å². The maximum absolute atomic E-state index is 4.52.